The van der Waals surface area contributed by atoms with Crippen molar-refractivity contribution in [2.45, 2.75) is 84.6 Å². The number of benzene rings is 1. The predicted octanol–water partition coefficient (Wildman–Crippen LogP) is 2.53. The molecule has 1 heterocycles. The zero-order valence-electron chi connectivity index (χ0n) is 25.0. The summed E-state index contributed by atoms with van der Waals surface area (Å²) in [6.45, 7) is 6.58. The summed E-state index contributed by atoms with van der Waals surface area (Å²) in [7, 11) is 0. The molecule has 12 heteroatoms. The highest BCUT2D eigenvalue weighted by molar-refractivity contribution is 6.12. The number of nitrogens with zero attached hydrogens (tertiary/aromatic N) is 1. The fraction of sp³-hybridized carbons (Fsp3) is 0.533. The summed E-state index contributed by atoms with van der Waals surface area (Å²) in [5.41, 5.74) is 6.82. The van der Waals surface area contributed by atoms with Crippen LogP contribution in [0.3, 0.4) is 0 Å². The highest BCUT2D eigenvalue weighted by Gasteiger charge is 2.23. The lowest BCUT2D eigenvalue weighted by molar-refractivity contribution is -0.137. The van der Waals surface area contributed by atoms with Crippen molar-refractivity contribution in [1.82, 2.24) is 20.9 Å². The van der Waals surface area contributed by atoms with Crippen LogP contribution in [-0.4, -0.2) is 66.1 Å². The van der Waals surface area contributed by atoms with E-state index in [1.165, 1.54) is 18.6 Å². The molecule has 1 aliphatic heterocycles. The number of aryl methyl sites for hydroxylation is 1. The van der Waals surface area contributed by atoms with Crippen molar-refractivity contribution in [3.05, 3.63) is 42.0 Å². The van der Waals surface area contributed by atoms with E-state index in [2.05, 4.69) is 42.0 Å². The minimum absolute atomic E-state index is 0.185. The second-order valence-electron chi connectivity index (χ2n) is 9.95. The van der Waals surface area contributed by atoms with Gasteiger partial charge in [0.25, 0.3) is 11.8 Å². The maximum Gasteiger partial charge on any atom is 0.312 e. The molecule has 12 nitrogen and oxygen atoms in total. The number of hydrogen-bond acceptors (Lipinski definition) is 6. The van der Waals surface area contributed by atoms with E-state index < -0.39 is 23.9 Å². The van der Waals surface area contributed by atoms with Crippen LogP contribution >= 0.6 is 0 Å². The molecule has 42 heavy (non-hydrogen) atoms. The fourth-order valence-corrected chi connectivity index (χ4v) is 3.96. The number of anilines is 1. The summed E-state index contributed by atoms with van der Waals surface area (Å²) in [5.74, 6) is -1.92. The molecule has 0 saturated carbocycles. The van der Waals surface area contributed by atoms with Gasteiger partial charge in [-0.05, 0) is 49.8 Å². The van der Waals surface area contributed by atoms with E-state index in [0.29, 0.717) is 37.9 Å². The molecule has 6 N–H and O–H groups in total. The lowest BCUT2D eigenvalue weighted by atomic mass is 10.1. The molecule has 0 aliphatic carbocycles. The smallest absolute Gasteiger partial charge is 0.312 e. The minimum atomic E-state index is -0.884. The summed E-state index contributed by atoms with van der Waals surface area (Å²) in [5, 5.41) is 10.4. The molecule has 1 atom stereocenters. The minimum Gasteiger partial charge on any atom is -0.352 e. The largest absolute Gasteiger partial charge is 0.352 e. The molecule has 7 amide bonds. The van der Waals surface area contributed by atoms with Crippen LogP contribution in [0, 0.1) is 0 Å². The molecule has 0 bridgehead atoms. The van der Waals surface area contributed by atoms with Crippen LogP contribution < -0.4 is 27.0 Å². The number of primary amides is 1. The molecule has 1 aromatic carbocycles. The van der Waals surface area contributed by atoms with Gasteiger partial charge in [0.15, 0.2) is 0 Å². The van der Waals surface area contributed by atoms with Gasteiger partial charge in [-0.3, -0.25) is 28.9 Å². The summed E-state index contributed by atoms with van der Waals surface area (Å²) < 4.78 is 0. The first-order chi connectivity index (χ1) is 20.1. The van der Waals surface area contributed by atoms with Crippen molar-refractivity contribution in [3.8, 4) is 0 Å². The Hall–Kier alpha value is -4.22. The van der Waals surface area contributed by atoms with Gasteiger partial charge in [-0.15, -0.1) is 0 Å². The first-order valence-corrected chi connectivity index (χ1v) is 14.6. The number of nitrogens with one attached hydrogen (secondary N) is 4. The van der Waals surface area contributed by atoms with Gasteiger partial charge in [0, 0.05) is 37.3 Å². The number of unbranched alkanes of at least 4 members (excludes halogenated alkanes) is 2. The molecule has 0 fully saturated rings. The Morgan fingerprint density at radius 1 is 0.857 bits per heavy atom. The third kappa shape index (κ3) is 15.0. The average Bonchev–Trinajstić information content (AvgIpc) is 3.27. The van der Waals surface area contributed by atoms with E-state index in [0.717, 1.165) is 23.3 Å². The monoisotopic (exact) mass is 586 g/mol. The Balaban J connectivity index is 0.00000281. The predicted molar refractivity (Wildman–Crippen MR) is 161 cm³/mol. The Kier molecular flexibility index (Phi) is 17.6. The maximum atomic E-state index is 12.9. The molecule has 0 radical (unpaired) electrons. The average molecular weight is 587 g/mol. The third-order valence-corrected chi connectivity index (χ3v) is 6.01. The van der Waals surface area contributed by atoms with E-state index in [-0.39, 0.29) is 43.7 Å². The van der Waals surface area contributed by atoms with E-state index in [1.54, 1.807) is 12.1 Å². The molecular weight excluding hydrogens is 540 g/mol. The zero-order valence-corrected chi connectivity index (χ0v) is 25.0. The molecule has 1 aliphatic rings. The molecule has 0 saturated heterocycles. The van der Waals surface area contributed by atoms with Crippen LogP contribution in [0.15, 0.2) is 36.4 Å². The molecular formula is C30H46N6O6. The second-order valence-corrected chi connectivity index (χ2v) is 9.95. The highest BCUT2D eigenvalue weighted by atomic mass is 16.2. The van der Waals surface area contributed by atoms with Gasteiger partial charge in [0.2, 0.25) is 17.7 Å². The van der Waals surface area contributed by atoms with Crippen LogP contribution in [-0.2, 0) is 30.4 Å². The van der Waals surface area contributed by atoms with Crippen molar-refractivity contribution in [2.24, 2.45) is 5.73 Å². The van der Waals surface area contributed by atoms with Crippen LogP contribution in [0.4, 0.5) is 10.5 Å². The summed E-state index contributed by atoms with van der Waals surface area (Å²) in [4.78, 5) is 72.6. The van der Waals surface area contributed by atoms with Crippen LogP contribution in [0.5, 0.6) is 0 Å². The number of amides is 7. The van der Waals surface area contributed by atoms with Gasteiger partial charge < -0.3 is 27.0 Å². The number of nitrogens with two attached hydrogens (primary N) is 1. The molecule has 2 rings (SSSR count). The van der Waals surface area contributed by atoms with Gasteiger partial charge >= 0.3 is 6.03 Å². The summed E-state index contributed by atoms with van der Waals surface area (Å²) in [6, 6.07) is 5.90. The van der Waals surface area contributed by atoms with Gasteiger partial charge in [-0.25, -0.2) is 4.79 Å². The van der Waals surface area contributed by atoms with Crippen molar-refractivity contribution >= 4 is 41.3 Å². The van der Waals surface area contributed by atoms with E-state index in [4.69, 9.17) is 5.73 Å². The number of carbonyl (C=O) groups is 6. The normalized spacial score (nSPS) is 12.7. The van der Waals surface area contributed by atoms with Crippen LogP contribution in [0.1, 0.15) is 77.7 Å². The summed E-state index contributed by atoms with van der Waals surface area (Å²) in [6.07, 6.45) is 8.24. The SMILES string of the molecule is CCC.CCCc1ccc(NC(=O)C(CCCNC(N)=O)NC(=O)CNC(=O)CCCCCN2C(=O)C=CC2=O)cc1. The highest BCUT2D eigenvalue weighted by Crippen LogP contribution is 2.12. The van der Waals surface area contributed by atoms with Gasteiger partial charge in [-0.1, -0.05) is 52.2 Å². The molecule has 1 unspecified atom stereocenters. The number of carbonyl (C=O) groups excluding carboxylic acids is 6. The lowest BCUT2D eigenvalue weighted by Crippen LogP contribution is -2.47. The van der Waals surface area contributed by atoms with Crippen molar-refractivity contribution in [3.63, 3.8) is 0 Å². The Morgan fingerprint density at radius 2 is 1.50 bits per heavy atom. The molecule has 1 aromatic rings. The molecule has 0 spiro atoms. The first-order valence-electron chi connectivity index (χ1n) is 14.6. The van der Waals surface area contributed by atoms with E-state index >= 15 is 0 Å². The Labute approximate surface area is 248 Å². The van der Waals surface area contributed by atoms with E-state index in [1.807, 2.05) is 12.1 Å². The van der Waals surface area contributed by atoms with Crippen LogP contribution in [0.2, 0.25) is 0 Å². The van der Waals surface area contributed by atoms with Crippen molar-refractivity contribution in [1.29, 1.82) is 0 Å². The first kappa shape index (κ1) is 35.8. The van der Waals surface area contributed by atoms with Gasteiger partial charge in [-0.2, -0.15) is 0 Å². The van der Waals surface area contributed by atoms with Crippen LogP contribution in [0.25, 0.3) is 0 Å². The topological polar surface area (TPSA) is 180 Å². The number of rotatable bonds is 17. The quantitative estimate of drug-likeness (QED) is 0.138. The van der Waals surface area contributed by atoms with E-state index in [9.17, 15) is 28.8 Å². The number of hydrogen-bond donors (Lipinski definition) is 5. The Morgan fingerprint density at radius 3 is 2.10 bits per heavy atom. The van der Waals surface area contributed by atoms with Gasteiger partial charge in [0.05, 0.1) is 6.54 Å². The standard InChI is InChI=1S/C27H38N6O6.C3H8/c1-2-7-19-10-12-20(13-11-19)31-26(38)21(8-6-16-29-27(28)39)32-23(35)18-30-22(34)9-4-3-5-17-33-24(36)14-15-25(33)37;1-3-2/h10-15,21H,2-9,16-18H2,1H3,(H,30,34)(H,31,38)(H,32,35)(H3,28,29,39);3H2,1-2H3. The Bertz CT molecular complexity index is 1050. The van der Waals surface area contributed by atoms with Crippen molar-refractivity contribution in [2.75, 3.05) is 25.0 Å². The molecule has 0 aromatic heterocycles. The van der Waals surface area contributed by atoms with Gasteiger partial charge in [0.1, 0.15) is 6.04 Å². The summed E-state index contributed by atoms with van der Waals surface area (Å²) >= 11 is 0. The zero-order chi connectivity index (χ0) is 31.3. The molecule has 232 valence electrons. The fourth-order valence-electron chi connectivity index (χ4n) is 3.96. The second kappa shape index (κ2) is 20.6. The van der Waals surface area contributed by atoms with Crippen molar-refractivity contribution < 1.29 is 28.8 Å². The third-order valence-electron chi connectivity index (χ3n) is 6.01. The maximum absolute atomic E-state index is 12.9. The number of imide groups is 1. The lowest BCUT2D eigenvalue weighted by Gasteiger charge is -2.19. The number of urea groups is 1.